The molecule has 39 heavy (non-hydrogen) atoms. The summed E-state index contributed by atoms with van der Waals surface area (Å²) in [5.74, 6) is -0.112. The van der Waals surface area contributed by atoms with Gasteiger partial charge in [-0.1, -0.05) is 5.04 Å². The number of halogens is 2. The Kier molecular flexibility index (Phi) is 11.4. The minimum Gasteiger partial charge on any atom is -0.510 e. The summed E-state index contributed by atoms with van der Waals surface area (Å²) >= 11 is 7.68. The molecule has 0 heterocycles. The number of nitrogens with one attached hydrogen (secondary N) is 1. The molecule has 0 aliphatic carbocycles. The van der Waals surface area contributed by atoms with E-state index >= 15 is 0 Å². The zero-order valence-corrected chi connectivity index (χ0v) is 24.6. The van der Waals surface area contributed by atoms with Crippen LogP contribution < -0.4 is 14.8 Å². The molecule has 0 aromatic heterocycles. The number of methoxy groups -OCH3 is 2. The van der Waals surface area contributed by atoms with Crippen molar-refractivity contribution in [2.24, 2.45) is 20.5 Å². The molecule has 0 atom stereocenters. The first-order chi connectivity index (χ1) is 18.7. The monoisotopic (exact) mass is 681 g/mol. The summed E-state index contributed by atoms with van der Waals surface area (Å²) in [6.07, 6.45) is 0. The molecule has 0 fully saturated rings. The summed E-state index contributed by atoms with van der Waals surface area (Å²) in [5.41, 5.74) is 1.49. The van der Waals surface area contributed by atoms with Crippen LogP contribution >= 0.6 is 43.9 Å². The maximum absolute atomic E-state index is 12.9. The molecule has 0 saturated heterocycles. The van der Waals surface area contributed by atoms with Crippen LogP contribution in [0.3, 0.4) is 0 Å². The molecule has 0 spiro atoms. The van der Waals surface area contributed by atoms with E-state index in [1.54, 1.807) is 54.6 Å². The van der Waals surface area contributed by atoms with Gasteiger partial charge >= 0.3 is 0 Å². The number of aliphatic hydroxyl groups is 1. The quantitative estimate of drug-likeness (QED) is 0.0453. The summed E-state index contributed by atoms with van der Waals surface area (Å²) in [6, 6.07) is 15.0. The third-order valence-electron chi connectivity index (χ3n) is 4.74. The van der Waals surface area contributed by atoms with Crippen molar-refractivity contribution in [3.63, 3.8) is 0 Å². The summed E-state index contributed by atoms with van der Waals surface area (Å²) in [7, 11) is 2.97. The molecule has 3 aromatic carbocycles. The lowest BCUT2D eigenvalue weighted by atomic mass is 10.2. The molecule has 15 heteroatoms. The molecular weight excluding hydrogens is 662 g/mol. The molecule has 3 N–H and O–H groups in total. The molecular formula is C24H21Br2N5O7S. The minimum absolute atomic E-state index is 0.298. The molecule has 0 saturated carbocycles. The number of hydrogen-bond donors (Lipinski definition) is 3. The first-order valence-corrected chi connectivity index (χ1v) is 13.1. The van der Waals surface area contributed by atoms with Crippen molar-refractivity contribution in [1.82, 2.24) is 0 Å². The van der Waals surface area contributed by atoms with Crippen molar-refractivity contribution in [2.75, 3.05) is 19.5 Å². The van der Waals surface area contributed by atoms with Gasteiger partial charge in [0.25, 0.3) is 5.91 Å². The maximum atomic E-state index is 12.9. The number of carbonyl (C=O) groups excluding carboxylic acids is 1. The largest absolute Gasteiger partial charge is 0.510 e. The molecule has 3 aromatic rings. The number of carbonyl (C=O) groups is 1. The van der Waals surface area contributed by atoms with Crippen molar-refractivity contribution in [3.05, 3.63) is 75.0 Å². The predicted octanol–water partition coefficient (Wildman–Crippen LogP) is 8.58. The van der Waals surface area contributed by atoms with Crippen molar-refractivity contribution in [1.29, 1.82) is 0 Å². The zero-order chi connectivity index (χ0) is 28.4. The van der Waals surface area contributed by atoms with Gasteiger partial charge in [0.15, 0.2) is 5.70 Å². The van der Waals surface area contributed by atoms with Crippen molar-refractivity contribution in [3.8, 4) is 11.5 Å². The van der Waals surface area contributed by atoms with Crippen LogP contribution in [0.25, 0.3) is 0 Å². The van der Waals surface area contributed by atoms with Gasteiger partial charge in [0.2, 0.25) is 0 Å². The number of anilines is 1. The van der Waals surface area contributed by atoms with Gasteiger partial charge in [-0.15, -0.1) is 14.6 Å². The molecule has 12 nitrogen and oxygen atoms in total. The Bertz CT molecular complexity index is 1390. The highest BCUT2D eigenvalue weighted by atomic mass is 79.9. The Labute approximate surface area is 244 Å². The number of hydrogen-bond acceptors (Lipinski definition) is 12. The second kappa shape index (κ2) is 14.7. The average molecular weight is 683 g/mol. The Hall–Kier alpha value is -3.34. The molecule has 1 amide bonds. The molecule has 204 valence electrons. The highest BCUT2D eigenvalue weighted by Gasteiger charge is 2.17. The van der Waals surface area contributed by atoms with Crippen LogP contribution in [-0.4, -0.2) is 30.5 Å². The van der Waals surface area contributed by atoms with Crippen molar-refractivity contribution < 1.29 is 34.0 Å². The first-order valence-electron chi connectivity index (χ1n) is 10.8. The molecule has 0 aliphatic rings. The summed E-state index contributed by atoms with van der Waals surface area (Å²) in [6.45, 7) is 1.32. The topological polar surface area (TPSA) is 156 Å². The Balaban J connectivity index is 1.76. The van der Waals surface area contributed by atoms with Gasteiger partial charge in [0.05, 0.1) is 43.3 Å². The van der Waals surface area contributed by atoms with Crippen LogP contribution in [0, 0.1) is 0 Å². The van der Waals surface area contributed by atoms with E-state index in [2.05, 4.69) is 67.0 Å². The normalized spacial score (nSPS) is 12.1. The zero-order valence-electron chi connectivity index (χ0n) is 20.6. The van der Waals surface area contributed by atoms with E-state index in [4.69, 9.17) is 14.7 Å². The number of amides is 1. The van der Waals surface area contributed by atoms with Crippen LogP contribution in [0.5, 0.6) is 11.5 Å². The summed E-state index contributed by atoms with van der Waals surface area (Å²) in [4.78, 5) is 13.6. The lowest BCUT2D eigenvalue weighted by Crippen LogP contribution is -2.15. The molecule has 0 unspecified atom stereocenters. The van der Waals surface area contributed by atoms with Crippen LogP contribution in [0.15, 0.2) is 100 Å². The summed E-state index contributed by atoms with van der Waals surface area (Å²) < 4.78 is 15.8. The molecule has 0 radical (unpaired) electrons. The van der Waals surface area contributed by atoms with E-state index in [0.29, 0.717) is 48.1 Å². The highest BCUT2D eigenvalue weighted by molar-refractivity contribution is 9.11. The van der Waals surface area contributed by atoms with Gasteiger partial charge in [0.1, 0.15) is 22.9 Å². The Morgan fingerprint density at radius 3 is 2.18 bits per heavy atom. The van der Waals surface area contributed by atoms with E-state index in [0.717, 1.165) is 12.0 Å². The molecule has 0 bridgehead atoms. The average Bonchev–Trinajstić information content (AvgIpc) is 2.92. The van der Waals surface area contributed by atoms with Gasteiger partial charge in [-0.3, -0.25) is 4.79 Å². The van der Waals surface area contributed by atoms with E-state index < -0.39 is 5.91 Å². The van der Waals surface area contributed by atoms with E-state index in [9.17, 15) is 9.90 Å². The van der Waals surface area contributed by atoms with Gasteiger partial charge in [0, 0.05) is 19.9 Å². The minimum atomic E-state index is -0.695. The maximum Gasteiger partial charge on any atom is 0.279 e. The lowest BCUT2D eigenvalue weighted by molar-refractivity contribution is -0.432. The van der Waals surface area contributed by atoms with Crippen LogP contribution in [0.4, 0.5) is 22.7 Å². The van der Waals surface area contributed by atoms with Crippen molar-refractivity contribution >= 4 is 72.6 Å². The standard InChI is InChI=1S/C24H21Br2N5O7S/c1-13(32)22(24(33)27-20-9-6-16(35-2)12-21(20)36-3)30-31-23-18(25)10-15(11-19(23)26)29-28-14-4-7-17(8-5-14)39-38-37-34/h4-12,32,34H,1-3H3,(H,27,33)/b22-13+,29-28?,31-30?. The van der Waals surface area contributed by atoms with Crippen LogP contribution in [-0.2, 0) is 14.2 Å². The van der Waals surface area contributed by atoms with Gasteiger partial charge in [-0.2, -0.15) is 10.2 Å². The number of nitrogens with zero attached hydrogens (tertiary/aromatic N) is 4. The number of benzene rings is 3. The number of aliphatic hydroxyl groups excluding tert-OH is 1. The lowest BCUT2D eigenvalue weighted by Gasteiger charge is -2.12. The van der Waals surface area contributed by atoms with Crippen LogP contribution in [0.1, 0.15) is 6.92 Å². The van der Waals surface area contributed by atoms with E-state index in [1.165, 1.54) is 21.1 Å². The Morgan fingerprint density at radius 1 is 0.923 bits per heavy atom. The fourth-order valence-corrected chi connectivity index (χ4v) is 4.59. The van der Waals surface area contributed by atoms with Crippen LogP contribution in [0.2, 0.25) is 0 Å². The fourth-order valence-electron chi connectivity index (χ4n) is 2.91. The predicted molar refractivity (Wildman–Crippen MR) is 151 cm³/mol. The third-order valence-corrected chi connectivity index (χ3v) is 6.55. The highest BCUT2D eigenvalue weighted by Crippen LogP contribution is 2.39. The second-order valence-electron chi connectivity index (χ2n) is 7.33. The fraction of sp³-hybridized carbons (Fsp3) is 0.125. The Morgan fingerprint density at radius 2 is 1.59 bits per heavy atom. The third kappa shape index (κ3) is 8.58. The smallest absolute Gasteiger partial charge is 0.279 e. The number of azo groups is 2. The van der Waals surface area contributed by atoms with Gasteiger partial charge in [-0.25, -0.2) is 5.26 Å². The first kappa shape index (κ1) is 30.2. The molecule has 3 rings (SSSR count). The van der Waals surface area contributed by atoms with Gasteiger partial charge < -0.3 is 19.9 Å². The second-order valence-corrected chi connectivity index (χ2v) is 9.82. The number of allylic oxidation sites excluding steroid dienone is 1. The molecule has 0 aliphatic heterocycles. The van der Waals surface area contributed by atoms with Gasteiger partial charge in [-0.05, 0) is 87.3 Å². The van der Waals surface area contributed by atoms with E-state index in [-0.39, 0.29) is 11.5 Å². The van der Waals surface area contributed by atoms with Crippen molar-refractivity contribution in [2.45, 2.75) is 11.8 Å². The number of rotatable bonds is 11. The van der Waals surface area contributed by atoms with E-state index in [1.807, 2.05) is 0 Å². The summed E-state index contributed by atoms with van der Waals surface area (Å²) in [5, 5.41) is 41.0. The SMILES string of the molecule is COc1ccc(NC(=O)/C(N=Nc2c(Br)cc(N=Nc3ccc(SOOO)cc3)cc2Br)=C(/C)O)c(OC)c1. The number of ether oxygens (including phenoxy) is 2.